The molecule has 0 aliphatic carbocycles. The smallest absolute Gasteiger partial charge is 0.174 e. The van der Waals surface area contributed by atoms with E-state index in [1.165, 1.54) is 0 Å². The first kappa shape index (κ1) is 13.0. The van der Waals surface area contributed by atoms with E-state index in [1.54, 1.807) is 12.3 Å². The SMILES string of the molecule is CNC(c1ccc(Cl)c(Cl)c1)c1ccoc1Br. The minimum Gasteiger partial charge on any atom is -0.457 e. The van der Waals surface area contributed by atoms with Crippen LogP contribution in [0.1, 0.15) is 17.2 Å². The van der Waals surface area contributed by atoms with E-state index in [2.05, 4.69) is 21.2 Å². The molecule has 0 fully saturated rings. The molecular formula is C12H10BrCl2NO. The molecule has 0 spiro atoms. The van der Waals surface area contributed by atoms with Crippen LogP contribution < -0.4 is 5.32 Å². The van der Waals surface area contributed by atoms with Gasteiger partial charge < -0.3 is 9.73 Å². The quantitative estimate of drug-likeness (QED) is 0.883. The molecule has 1 aromatic carbocycles. The Bertz CT molecular complexity index is 527. The van der Waals surface area contributed by atoms with E-state index in [0.717, 1.165) is 11.1 Å². The van der Waals surface area contributed by atoms with Crippen LogP contribution in [0.2, 0.25) is 10.0 Å². The third-order valence-corrected chi connectivity index (χ3v) is 3.91. The molecule has 1 aromatic heterocycles. The maximum absolute atomic E-state index is 6.02. The maximum atomic E-state index is 6.02. The normalized spacial score (nSPS) is 12.7. The van der Waals surface area contributed by atoms with Gasteiger partial charge in [0.15, 0.2) is 4.67 Å². The molecule has 0 saturated heterocycles. The average Bonchev–Trinajstić information content (AvgIpc) is 2.71. The molecule has 90 valence electrons. The Balaban J connectivity index is 2.42. The fourth-order valence-electron chi connectivity index (χ4n) is 1.70. The topological polar surface area (TPSA) is 25.2 Å². The number of benzene rings is 1. The summed E-state index contributed by atoms with van der Waals surface area (Å²) >= 11 is 15.3. The van der Waals surface area contributed by atoms with Crippen LogP contribution in [0.25, 0.3) is 0 Å². The zero-order valence-electron chi connectivity index (χ0n) is 9.01. The molecule has 1 N–H and O–H groups in total. The summed E-state index contributed by atoms with van der Waals surface area (Å²) < 4.78 is 5.95. The van der Waals surface area contributed by atoms with Crippen molar-refractivity contribution >= 4 is 39.1 Å². The van der Waals surface area contributed by atoms with Gasteiger partial charge in [-0.25, -0.2) is 0 Å². The highest BCUT2D eigenvalue weighted by molar-refractivity contribution is 9.10. The van der Waals surface area contributed by atoms with Gasteiger partial charge >= 0.3 is 0 Å². The molecule has 0 bridgehead atoms. The first-order valence-corrected chi connectivity index (χ1v) is 6.53. The Hall–Kier alpha value is -0.480. The van der Waals surface area contributed by atoms with Crippen molar-refractivity contribution in [3.63, 3.8) is 0 Å². The van der Waals surface area contributed by atoms with E-state index in [4.69, 9.17) is 27.6 Å². The summed E-state index contributed by atoms with van der Waals surface area (Å²) in [7, 11) is 1.88. The van der Waals surface area contributed by atoms with Crippen molar-refractivity contribution in [1.82, 2.24) is 5.32 Å². The Kier molecular flexibility index (Phi) is 4.15. The lowest BCUT2D eigenvalue weighted by Crippen LogP contribution is -2.17. The second-order valence-electron chi connectivity index (χ2n) is 3.54. The zero-order valence-corrected chi connectivity index (χ0v) is 12.1. The van der Waals surface area contributed by atoms with Crippen LogP contribution in [0.15, 0.2) is 39.6 Å². The number of hydrogen-bond acceptors (Lipinski definition) is 2. The zero-order chi connectivity index (χ0) is 12.4. The molecule has 5 heteroatoms. The molecule has 2 aromatic rings. The van der Waals surface area contributed by atoms with Gasteiger partial charge in [-0.1, -0.05) is 29.3 Å². The van der Waals surface area contributed by atoms with Crippen LogP contribution in [0.4, 0.5) is 0 Å². The van der Waals surface area contributed by atoms with E-state index in [-0.39, 0.29) is 6.04 Å². The number of furan rings is 1. The van der Waals surface area contributed by atoms with Gasteiger partial charge in [-0.3, -0.25) is 0 Å². The summed E-state index contributed by atoms with van der Waals surface area (Å²) in [6, 6.07) is 7.50. The molecule has 0 amide bonds. The molecule has 0 aliphatic heterocycles. The molecule has 1 unspecified atom stereocenters. The van der Waals surface area contributed by atoms with Gasteiger partial charge in [-0.15, -0.1) is 0 Å². The summed E-state index contributed by atoms with van der Waals surface area (Å²) in [5.41, 5.74) is 2.05. The molecule has 0 aliphatic rings. The Morgan fingerprint density at radius 1 is 1.24 bits per heavy atom. The fraction of sp³-hybridized carbons (Fsp3) is 0.167. The van der Waals surface area contributed by atoms with E-state index in [9.17, 15) is 0 Å². The Morgan fingerprint density at radius 3 is 2.53 bits per heavy atom. The molecule has 17 heavy (non-hydrogen) atoms. The van der Waals surface area contributed by atoms with Crippen molar-refractivity contribution in [1.29, 1.82) is 0 Å². The fourth-order valence-corrected chi connectivity index (χ4v) is 2.48. The summed E-state index contributed by atoms with van der Waals surface area (Å²) in [5, 5.41) is 4.31. The minimum absolute atomic E-state index is 0.0119. The number of nitrogens with one attached hydrogen (secondary N) is 1. The van der Waals surface area contributed by atoms with E-state index < -0.39 is 0 Å². The predicted molar refractivity (Wildman–Crippen MR) is 73.8 cm³/mol. The second kappa shape index (κ2) is 5.44. The first-order valence-electron chi connectivity index (χ1n) is 4.98. The Morgan fingerprint density at radius 2 is 2.00 bits per heavy atom. The molecule has 2 rings (SSSR count). The summed E-state index contributed by atoms with van der Waals surface area (Å²) in [5.74, 6) is 0. The van der Waals surface area contributed by atoms with Crippen LogP contribution in [-0.4, -0.2) is 7.05 Å². The van der Waals surface area contributed by atoms with Crippen molar-refractivity contribution in [3.05, 3.63) is 56.4 Å². The summed E-state index contributed by atoms with van der Waals surface area (Å²) in [4.78, 5) is 0. The number of rotatable bonds is 3. The molecule has 1 heterocycles. The van der Waals surface area contributed by atoms with E-state index in [1.807, 2.05) is 25.2 Å². The highest BCUT2D eigenvalue weighted by Crippen LogP contribution is 2.32. The van der Waals surface area contributed by atoms with Gasteiger partial charge in [0.05, 0.1) is 22.4 Å². The highest BCUT2D eigenvalue weighted by atomic mass is 79.9. The standard InChI is InChI=1S/C12H10BrCl2NO/c1-16-11(8-4-5-17-12(8)13)7-2-3-9(14)10(15)6-7/h2-6,11,16H,1H3. The first-order chi connectivity index (χ1) is 8.13. The monoisotopic (exact) mass is 333 g/mol. The largest absolute Gasteiger partial charge is 0.457 e. The summed E-state index contributed by atoms with van der Waals surface area (Å²) in [6.07, 6.45) is 1.64. The van der Waals surface area contributed by atoms with Gasteiger partial charge in [0.25, 0.3) is 0 Å². The number of hydrogen-bond donors (Lipinski definition) is 1. The lowest BCUT2D eigenvalue weighted by Gasteiger charge is -2.16. The third kappa shape index (κ3) is 2.68. The van der Waals surface area contributed by atoms with Gasteiger partial charge in [-0.2, -0.15) is 0 Å². The highest BCUT2D eigenvalue weighted by Gasteiger charge is 2.17. The molecule has 0 saturated carbocycles. The van der Waals surface area contributed by atoms with Crippen LogP contribution in [-0.2, 0) is 0 Å². The van der Waals surface area contributed by atoms with Crippen molar-refractivity contribution < 1.29 is 4.42 Å². The number of halogens is 3. The van der Waals surface area contributed by atoms with Crippen LogP contribution in [0, 0.1) is 0 Å². The second-order valence-corrected chi connectivity index (χ2v) is 5.08. The van der Waals surface area contributed by atoms with Gasteiger partial charge in [0.2, 0.25) is 0 Å². The van der Waals surface area contributed by atoms with Gasteiger partial charge in [-0.05, 0) is 46.7 Å². The van der Waals surface area contributed by atoms with E-state index >= 15 is 0 Å². The van der Waals surface area contributed by atoms with Crippen molar-refractivity contribution in [2.24, 2.45) is 0 Å². The molecule has 2 nitrogen and oxygen atoms in total. The van der Waals surface area contributed by atoms with Crippen LogP contribution in [0.3, 0.4) is 0 Å². The van der Waals surface area contributed by atoms with Gasteiger partial charge in [0, 0.05) is 5.56 Å². The molecule has 0 radical (unpaired) electrons. The lowest BCUT2D eigenvalue weighted by atomic mass is 10.0. The minimum atomic E-state index is 0.0119. The average molecular weight is 335 g/mol. The van der Waals surface area contributed by atoms with Crippen LogP contribution >= 0.6 is 39.1 Å². The van der Waals surface area contributed by atoms with Crippen molar-refractivity contribution in [2.75, 3.05) is 7.05 Å². The maximum Gasteiger partial charge on any atom is 0.174 e. The van der Waals surface area contributed by atoms with Crippen LogP contribution in [0.5, 0.6) is 0 Å². The van der Waals surface area contributed by atoms with E-state index in [0.29, 0.717) is 14.7 Å². The van der Waals surface area contributed by atoms with Gasteiger partial charge in [0.1, 0.15) is 0 Å². The Labute approximate surface area is 118 Å². The summed E-state index contributed by atoms with van der Waals surface area (Å²) in [6.45, 7) is 0. The molecular weight excluding hydrogens is 325 g/mol. The van der Waals surface area contributed by atoms with Crippen molar-refractivity contribution in [3.8, 4) is 0 Å². The third-order valence-electron chi connectivity index (χ3n) is 2.52. The lowest BCUT2D eigenvalue weighted by molar-refractivity contribution is 0.530. The molecule has 1 atom stereocenters. The predicted octanol–water partition coefficient (Wildman–Crippen LogP) is 4.66. The van der Waals surface area contributed by atoms with Crippen molar-refractivity contribution in [2.45, 2.75) is 6.04 Å².